The highest BCUT2D eigenvalue weighted by atomic mass is 16.3. The Kier molecular flexibility index (Phi) is 2.72. The molecule has 0 aromatic heterocycles. The van der Waals surface area contributed by atoms with Crippen LogP contribution in [0.4, 0.5) is 0 Å². The normalized spacial score (nSPS) is 55.7. The molecule has 122 valence electrons. The zero-order valence-electron chi connectivity index (χ0n) is 15.9. The van der Waals surface area contributed by atoms with Crippen molar-refractivity contribution in [3.63, 3.8) is 0 Å². The van der Waals surface area contributed by atoms with E-state index in [1.807, 2.05) is 0 Å². The van der Waals surface area contributed by atoms with Crippen LogP contribution in [0.25, 0.3) is 0 Å². The molecular weight excluding hydrogens is 273 g/mol. The monoisotopic (exact) mass is 305 g/mol. The molecule has 4 aliphatic carbocycles. The number of hydrogen-bond donors (Lipinski definition) is 1. The number of rotatable bonds is 0. The number of Topliss-reactive ketones (excluding diaryl/α,β-unsaturated/α-hetero) is 1. The van der Waals surface area contributed by atoms with Crippen molar-refractivity contribution in [3.8, 4) is 0 Å². The fraction of sp³-hybridized carbons (Fsp3) is 0.850. The maximum atomic E-state index is 12.5. The van der Waals surface area contributed by atoms with Crippen molar-refractivity contribution in [1.29, 1.82) is 0 Å². The van der Waals surface area contributed by atoms with Gasteiger partial charge in [-0.3, -0.25) is 4.79 Å². The third kappa shape index (κ3) is 1.74. The predicted molar refractivity (Wildman–Crippen MR) is 87.3 cm³/mol. The second-order valence-electron chi connectivity index (χ2n) is 8.92. The van der Waals surface area contributed by atoms with Gasteiger partial charge >= 0.3 is 0 Å². The molecule has 4 fully saturated rings. The standard InChI is InChI=1S/C20H30O2/c1-12-10-14(21)11-13-4-5-15-16-6-7-18(22)19(16,2)9-8-17(15)20(12,13)3/h13-17,21H,1,4-11H2,2-3H3/t13-,14+,15-,16-,17-,19-,20-/m0/s1/i1+1D2. The molecule has 0 spiro atoms. The maximum absolute atomic E-state index is 12.5. The average molecular weight is 305 g/mol. The van der Waals surface area contributed by atoms with Gasteiger partial charge < -0.3 is 5.11 Å². The van der Waals surface area contributed by atoms with Gasteiger partial charge in [0.15, 0.2) is 0 Å². The zero-order chi connectivity index (χ0) is 17.3. The molecule has 0 bridgehead atoms. The summed E-state index contributed by atoms with van der Waals surface area (Å²) in [4.78, 5) is 12.5. The van der Waals surface area contributed by atoms with Crippen molar-refractivity contribution in [3.05, 3.63) is 12.1 Å². The van der Waals surface area contributed by atoms with E-state index in [2.05, 4.69) is 13.8 Å². The van der Waals surface area contributed by atoms with Crippen LogP contribution < -0.4 is 0 Å². The Morgan fingerprint density at radius 1 is 1.23 bits per heavy atom. The predicted octanol–water partition coefficient (Wildman–Crippen LogP) is 4.13. The summed E-state index contributed by atoms with van der Waals surface area (Å²) in [5.41, 5.74) is 0.648. The van der Waals surface area contributed by atoms with Crippen LogP contribution in [0.1, 0.15) is 68.0 Å². The van der Waals surface area contributed by atoms with Crippen molar-refractivity contribution in [2.45, 2.75) is 71.3 Å². The number of ketones is 1. The summed E-state index contributed by atoms with van der Waals surface area (Å²) in [7, 11) is 0. The Bertz CT molecular complexity index is 596. The highest BCUT2D eigenvalue weighted by molar-refractivity contribution is 5.87. The first-order valence-electron chi connectivity index (χ1n) is 10.2. The van der Waals surface area contributed by atoms with E-state index in [-0.39, 0.29) is 23.5 Å². The lowest BCUT2D eigenvalue weighted by molar-refractivity contribution is -0.136. The molecule has 7 atom stereocenters. The molecule has 0 unspecified atom stereocenters. The van der Waals surface area contributed by atoms with E-state index in [0.717, 1.165) is 50.5 Å². The van der Waals surface area contributed by atoms with Crippen LogP contribution in [0.5, 0.6) is 0 Å². The Morgan fingerprint density at radius 2 is 2.05 bits per heavy atom. The molecule has 0 aromatic carbocycles. The van der Waals surface area contributed by atoms with Gasteiger partial charge in [0.2, 0.25) is 0 Å². The number of aliphatic hydroxyl groups excluding tert-OH is 1. The minimum atomic E-state index is -0.387. The van der Waals surface area contributed by atoms with Crippen molar-refractivity contribution in [1.82, 2.24) is 0 Å². The summed E-state index contributed by atoms with van der Waals surface area (Å²) < 4.78 is 16.0. The van der Waals surface area contributed by atoms with Crippen molar-refractivity contribution < 1.29 is 12.6 Å². The summed E-state index contributed by atoms with van der Waals surface area (Å²) in [5.74, 6) is 2.39. The molecule has 22 heavy (non-hydrogen) atoms. The lowest BCUT2D eigenvalue weighted by Crippen LogP contribution is -2.54. The molecule has 0 radical (unpaired) electrons. The summed E-state index contributed by atoms with van der Waals surface area (Å²) in [5, 5.41) is 10.3. The summed E-state index contributed by atoms with van der Waals surface area (Å²) in [6, 6.07) is 0. The topological polar surface area (TPSA) is 37.3 Å². The van der Waals surface area contributed by atoms with E-state index in [9.17, 15) is 9.90 Å². The molecule has 0 aliphatic heterocycles. The highest BCUT2D eigenvalue weighted by Crippen LogP contribution is 2.66. The summed E-state index contributed by atoms with van der Waals surface area (Å²) >= 11 is 0. The first-order chi connectivity index (χ1) is 11.3. The Morgan fingerprint density at radius 3 is 2.82 bits per heavy atom. The average Bonchev–Trinajstić information content (AvgIpc) is 2.83. The van der Waals surface area contributed by atoms with Gasteiger partial charge in [-0.25, -0.2) is 0 Å². The van der Waals surface area contributed by atoms with Crippen molar-refractivity contribution >= 4 is 5.78 Å². The molecular formula is C20H30O2. The fourth-order valence-corrected chi connectivity index (χ4v) is 6.90. The lowest BCUT2D eigenvalue weighted by Gasteiger charge is -2.60. The molecule has 4 rings (SSSR count). The van der Waals surface area contributed by atoms with E-state index >= 15 is 0 Å². The van der Waals surface area contributed by atoms with Gasteiger partial charge in [-0.15, -0.1) is 0 Å². The van der Waals surface area contributed by atoms with Crippen LogP contribution in [0, 0.1) is 34.5 Å². The Balaban J connectivity index is 1.74. The maximum Gasteiger partial charge on any atom is 0.139 e. The molecule has 0 heterocycles. The van der Waals surface area contributed by atoms with Gasteiger partial charge in [0.1, 0.15) is 5.78 Å². The third-order valence-electron chi connectivity index (χ3n) is 8.26. The minimum absolute atomic E-state index is 0.0715. The number of hydrogen-bond acceptors (Lipinski definition) is 2. The Labute approximate surface area is 137 Å². The van der Waals surface area contributed by atoms with Crippen molar-refractivity contribution in [2.75, 3.05) is 0 Å². The first kappa shape index (κ1) is 12.8. The molecule has 4 aliphatic rings. The first-order valence-corrected chi connectivity index (χ1v) is 9.16. The van der Waals surface area contributed by atoms with Gasteiger partial charge in [-0.1, -0.05) is 26.0 Å². The van der Waals surface area contributed by atoms with Gasteiger partial charge in [-0.05, 0) is 74.0 Å². The number of carbonyl (C=O) groups is 1. The van der Waals surface area contributed by atoms with Crippen LogP contribution in [0.2, 0.25) is 0 Å². The lowest BCUT2D eigenvalue weighted by atomic mass is 9.44. The Hall–Kier alpha value is -0.630. The smallest absolute Gasteiger partial charge is 0.139 e. The largest absolute Gasteiger partial charge is 0.393 e. The third-order valence-corrected chi connectivity index (χ3v) is 8.26. The zero-order valence-corrected chi connectivity index (χ0v) is 13.9. The van der Waals surface area contributed by atoms with Crippen LogP contribution in [-0.4, -0.2) is 17.0 Å². The minimum Gasteiger partial charge on any atom is -0.393 e. The number of carbonyl (C=O) groups excluding carboxylic acids is 1. The van der Waals surface area contributed by atoms with E-state index in [0.29, 0.717) is 35.9 Å². The molecule has 0 amide bonds. The van der Waals surface area contributed by atoms with Gasteiger partial charge in [0, 0.05) is 11.8 Å². The van der Waals surface area contributed by atoms with E-state index in [4.69, 9.17) is 2.74 Å². The molecule has 2 nitrogen and oxygen atoms in total. The highest BCUT2D eigenvalue weighted by Gasteiger charge is 2.60. The van der Waals surface area contributed by atoms with E-state index < -0.39 is 0 Å². The van der Waals surface area contributed by atoms with E-state index in [1.54, 1.807) is 0 Å². The number of fused-ring (bicyclic) bond motifs is 5. The van der Waals surface area contributed by atoms with Crippen LogP contribution >= 0.6 is 0 Å². The SMILES string of the molecule is [2H][13C]([2H])=C1C[C@@H](O)C[C@@H]2CC[C@@H]3[C@H](CC[C@]4(C)C(=O)CC[C@@H]34)[C@@]12C. The quantitative estimate of drug-likeness (QED) is 0.540. The van der Waals surface area contributed by atoms with Crippen LogP contribution in [-0.2, 0) is 4.79 Å². The van der Waals surface area contributed by atoms with Crippen LogP contribution in [0.15, 0.2) is 12.1 Å². The van der Waals surface area contributed by atoms with Crippen LogP contribution in [0.3, 0.4) is 0 Å². The molecule has 4 saturated carbocycles. The summed E-state index contributed by atoms with van der Waals surface area (Å²) in [6.45, 7) is 4.40. The summed E-state index contributed by atoms with van der Waals surface area (Å²) in [6.07, 6.45) is 6.96. The van der Waals surface area contributed by atoms with Gasteiger partial charge in [0.25, 0.3) is 0 Å². The van der Waals surface area contributed by atoms with Gasteiger partial charge in [0.05, 0.1) is 8.85 Å². The fourth-order valence-electron chi connectivity index (χ4n) is 6.90. The molecule has 1 N–H and O–H groups in total. The second-order valence-corrected chi connectivity index (χ2v) is 8.92. The van der Waals surface area contributed by atoms with Gasteiger partial charge in [-0.2, -0.15) is 0 Å². The molecule has 0 saturated heterocycles. The molecule has 0 aromatic rings. The number of aliphatic hydroxyl groups is 1. The van der Waals surface area contributed by atoms with Crippen molar-refractivity contribution in [2.24, 2.45) is 34.5 Å². The van der Waals surface area contributed by atoms with E-state index in [1.165, 1.54) is 0 Å². The second kappa shape index (κ2) is 4.69. The molecule has 2 heteroatoms.